The normalized spacial score (nSPS) is 9.74. The summed E-state index contributed by atoms with van der Waals surface area (Å²) in [7, 11) is 1.59. The molecular weight excluding hydrogens is 260 g/mol. The van der Waals surface area contributed by atoms with E-state index in [2.05, 4.69) is 10.3 Å². The van der Waals surface area contributed by atoms with Gasteiger partial charge in [-0.2, -0.15) is 0 Å². The van der Waals surface area contributed by atoms with Crippen molar-refractivity contribution in [3.8, 4) is 11.6 Å². The van der Waals surface area contributed by atoms with Crippen molar-refractivity contribution in [1.29, 1.82) is 0 Å². The Balaban J connectivity index is 1.86. The summed E-state index contributed by atoms with van der Waals surface area (Å²) in [5.74, 6) is 1.28. The molecule has 1 aromatic carbocycles. The molecule has 2 aromatic rings. The Labute approximate surface area is 117 Å². The van der Waals surface area contributed by atoms with Gasteiger partial charge in [0, 0.05) is 6.07 Å². The Morgan fingerprint density at radius 3 is 2.68 bits per heavy atom. The first-order valence-corrected chi connectivity index (χ1v) is 6.19. The highest BCUT2D eigenvalue weighted by Gasteiger charge is 2.01. The van der Waals surface area contributed by atoms with Crippen molar-refractivity contribution < 1.29 is 9.47 Å². The molecule has 0 spiro atoms. The van der Waals surface area contributed by atoms with Crippen molar-refractivity contribution in [1.82, 2.24) is 10.3 Å². The van der Waals surface area contributed by atoms with Crippen LogP contribution < -0.4 is 14.8 Å². The van der Waals surface area contributed by atoms with Gasteiger partial charge in [0.05, 0.1) is 19.3 Å². The number of hydrogen-bond acceptors (Lipinski definition) is 4. The molecule has 0 atom stereocenters. The number of thiocarbonyl (C=S) groups is 1. The molecule has 0 aliphatic heterocycles. The third-order valence-electron chi connectivity index (χ3n) is 2.36. The molecule has 0 saturated heterocycles. The van der Waals surface area contributed by atoms with Crippen LogP contribution in [0.15, 0.2) is 48.5 Å². The highest BCUT2D eigenvalue weighted by Crippen LogP contribution is 2.09. The molecule has 4 nitrogen and oxygen atoms in total. The van der Waals surface area contributed by atoms with Crippen LogP contribution in [0.25, 0.3) is 0 Å². The molecule has 1 aromatic heterocycles. The number of para-hydroxylation sites is 1. The first-order valence-electron chi connectivity index (χ1n) is 5.78. The van der Waals surface area contributed by atoms with E-state index in [1.54, 1.807) is 13.2 Å². The number of nitrogens with one attached hydrogen (secondary N) is 1. The molecule has 1 N–H and O–H groups in total. The number of rotatable bonds is 4. The van der Waals surface area contributed by atoms with E-state index in [0.717, 1.165) is 5.69 Å². The molecule has 0 saturated carbocycles. The van der Waals surface area contributed by atoms with Crippen LogP contribution in [0.4, 0.5) is 0 Å². The first-order chi connectivity index (χ1) is 9.28. The van der Waals surface area contributed by atoms with Crippen LogP contribution in [0.1, 0.15) is 5.69 Å². The standard InChI is InChI=1S/C14H14N2O2S/c1-17-13-9-5-6-11(16-13)10-15-14(19)18-12-7-3-2-4-8-12/h2-9H,10H2,1H3,(H,15,19). The van der Waals surface area contributed by atoms with E-state index in [1.165, 1.54) is 0 Å². The average Bonchev–Trinajstić information content (AvgIpc) is 2.46. The van der Waals surface area contributed by atoms with Gasteiger partial charge in [0.1, 0.15) is 5.75 Å². The van der Waals surface area contributed by atoms with E-state index >= 15 is 0 Å². The maximum atomic E-state index is 5.45. The van der Waals surface area contributed by atoms with Crippen LogP contribution in [0.3, 0.4) is 0 Å². The molecule has 0 aliphatic rings. The maximum absolute atomic E-state index is 5.45. The Bertz CT molecular complexity index is 546. The highest BCUT2D eigenvalue weighted by atomic mass is 32.1. The third-order valence-corrected chi connectivity index (χ3v) is 2.59. The van der Waals surface area contributed by atoms with Gasteiger partial charge in [-0.25, -0.2) is 4.98 Å². The Kier molecular flexibility index (Phi) is 4.69. The molecule has 1 heterocycles. The van der Waals surface area contributed by atoms with Crippen molar-refractivity contribution in [2.24, 2.45) is 0 Å². The summed E-state index contributed by atoms with van der Waals surface area (Å²) in [6, 6.07) is 15.0. The maximum Gasteiger partial charge on any atom is 0.262 e. The summed E-state index contributed by atoms with van der Waals surface area (Å²) >= 11 is 5.10. The number of aromatic nitrogens is 1. The molecule has 2 rings (SSSR count). The van der Waals surface area contributed by atoms with Crippen LogP contribution in [-0.4, -0.2) is 17.3 Å². The molecule has 0 amide bonds. The Morgan fingerprint density at radius 2 is 1.95 bits per heavy atom. The monoisotopic (exact) mass is 274 g/mol. The van der Waals surface area contributed by atoms with Gasteiger partial charge in [0.15, 0.2) is 0 Å². The minimum atomic E-state index is 0.316. The van der Waals surface area contributed by atoms with Crippen LogP contribution in [-0.2, 0) is 6.54 Å². The van der Waals surface area contributed by atoms with Gasteiger partial charge in [0.25, 0.3) is 5.17 Å². The van der Waals surface area contributed by atoms with Crippen molar-refractivity contribution >= 4 is 17.4 Å². The first kappa shape index (κ1) is 13.3. The minimum absolute atomic E-state index is 0.316. The summed E-state index contributed by atoms with van der Waals surface area (Å²) in [6.07, 6.45) is 0. The van der Waals surface area contributed by atoms with E-state index in [9.17, 15) is 0 Å². The summed E-state index contributed by atoms with van der Waals surface area (Å²) in [6.45, 7) is 0.489. The van der Waals surface area contributed by atoms with Crippen LogP contribution >= 0.6 is 12.2 Å². The molecule has 98 valence electrons. The lowest BCUT2D eigenvalue weighted by molar-refractivity contribution is 0.396. The zero-order valence-corrected chi connectivity index (χ0v) is 11.3. The Morgan fingerprint density at radius 1 is 1.16 bits per heavy atom. The molecule has 19 heavy (non-hydrogen) atoms. The van der Waals surface area contributed by atoms with E-state index in [-0.39, 0.29) is 0 Å². The SMILES string of the molecule is COc1cccc(CNC(=S)Oc2ccccc2)n1. The van der Waals surface area contributed by atoms with E-state index in [1.807, 2.05) is 42.5 Å². The summed E-state index contributed by atoms with van der Waals surface area (Å²) < 4.78 is 10.5. The molecule has 0 bridgehead atoms. The van der Waals surface area contributed by atoms with Gasteiger partial charge >= 0.3 is 0 Å². The molecule has 0 radical (unpaired) electrons. The van der Waals surface area contributed by atoms with Crippen LogP contribution in [0.5, 0.6) is 11.6 Å². The largest absolute Gasteiger partial charge is 0.481 e. The summed E-state index contributed by atoms with van der Waals surface area (Å²) in [5, 5.41) is 3.31. The lowest BCUT2D eigenvalue weighted by Gasteiger charge is -2.09. The van der Waals surface area contributed by atoms with Gasteiger partial charge in [-0.05, 0) is 30.4 Å². The number of benzene rings is 1. The highest BCUT2D eigenvalue weighted by molar-refractivity contribution is 7.80. The molecule has 0 unspecified atom stereocenters. The molecule has 0 fully saturated rings. The summed E-state index contributed by atoms with van der Waals surface area (Å²) in [5.41, 5.74) is 0.832. The van der Waals surface area contributed by atoms with Gasteiger partial charge in [-0.3, -0.25) is 0 Å². The second-order valence-electron chi connectivity index (χ2n) is 3.73. The lowest BCUT2D eigenvalue weighted by Crippen LogP contribution is -2.26. The molecular formula is C14H14N2O2S. The second kappa shape index (κ2) is 6.70. The van der Waals surface area contributed by atoms with E-state index in [4.69, 9.17) is 21.7 Å². The number of nitrogens with zero attached hydrogens (tertiary/aromatic N) is 1. The van der Waals surface area contributed by atoms with Crippen molar-refractivity contribution in [2.45, 2.75) is 6.54 Å². The van der Waals surface area contributed by atoms with Crippen LogP contribution in [0.2, 0.25) is 0 Å². The minimum Gasteiger partial charge on any atom is -0.481 e. The zero-order chi connectivity index (χ0) is 13.5. The van der Waals surface area contributed by atoms with Crippen molar-refractivity contribution in [2.75, 3.05) is 7.11 Å². The third kappa shape index (κ3) is 4.22. The van der Waals surface area contributed by atoms with E-state index in [0.29, 0.717) is 23.3 Å². The van der Waals surface area contributed by atoms with Gasteiger partial charge in [-0.15, -0.1) is 0 Å². The number of pyridine rings is 1. The van der Waals surface area contributed by atoms with Gasteiger partial charge in [-0.1, -0.05) is 24.3 Å². The zero-order valence-electron chi connectivity index (χ0n) is 10.5. The van der Waals surface area contributed by atoms with Crippen molar-refractivity contribution in [3.05, 3.63) is 54.2 Å². The predicted octanol–water partition coefficient (Wildman–Crippen LogP) is 2.54. The quantitative estimate of drug-likeness (QED) is 0.868. The topological polar surface area (TPSA) is 43.4 Å². The lowest BCUT2D eigenvalue weighted by atomic mass is 10.3. The smallest absolute Gasteiger partial charge is 0.262 e. The van der Waals surface area contributed by atoms with Crippen LogP contribution in [0, 0.1) is 0 Å². The fourth-order valence-corrected chi connectivity index (χ4v) is 1.63. The Hall–Kier alpha value is -2.14. The average molecular weight is 274 g/mol. The fraction of sp³-hybridized carbons (Fsp3) is 0.143. The van der Waals surface area contributed by atoms with Gasteiger partial charge < -0.3 is 14.8 Å². The predicted molar refractivity (Wildman–Crippen MR) is 77.3 cm³/mol. The molecule has 5 heteroatoms. The van der Waals surface area contributed by atoms with E-state index < -0.39 is 0 Å². The molecule has 0 aliphatic carbocycles. The number of hydrogen-bond donors (Lipinski definition) is 1. The fourth-order valence-electron chi connectivity index (χ4n) is 1.46. The number of methoxy groups -OCH3 is 1. The second-order valence-corrected chi connectivity index (χ2v) is 4.10. The van der Waals surface area contributed by atoms with Crippen molar-refractivity contribution in [3.63, 3.8) is 0 Å². The number of ether oxygens (including phenoxy) is 2. The summed E-state index contributed by atoms with van der Waals surface area (Å²) in [4.78, 5) is 4.27. The van der Waals surface area contributed by atoms with Gasteiger partial charge in [0.2, 0.25) is 5.88 Å².